The third kappa shape index (κ3) is 2.26. The lowest BCUT2D eigenvalue weighted by Crippen LogP contribution is -2.33. The first-order chi connectivity index (χ1) is 8.50. The van der Waals surface area contributed by atoms with Gasteiger partial charge in [0, 0.05) is 18.8 Å². The van der Waals surface area contributed by atoms with Gasteiger partial charge in [0.1, 0.15) is 17.4 Å². The summed E-state index contributed by atoms with van der Waals surface area (Å²) in [5, 5.41) is 0. The van der Waals surface area contributed by atoms with Crippen LogP contribution in [-0.4, -0.2) is 11.6 Å². The van der Waals surface area contributed by atoms with E-state index in [1.165, 1.54) is 6.07 Å². The Morgan fingerprint density at radius 1 is 1.22 bits per heavy atom. The van der Waals surface area contributed by atoms with Crippen molar-refractivity contribution in [3.8, 4) is 0 Å². The van der Waals surface area contributed by atoms with Gasteiger partial charge in [-0.15, -0.1) is 0 Å². The monoisotopic (exact) mass is 246 g/mol. The Morgan fingerprint density at radius 2 is 1.78 bits per heavy atom. The number of benzene rings is 1. The van der Waals surface area contributed by atoms with Gasteiger partial charge in [-0.2, -0.15) is 0 Å². The molecular weight excluding hydrogens is 231 g/mol. The molecule has 0 bridgehead atoms. The Bertz CT molecular complexity index is 501. The van der Waals surface area contributed by atoms with Gasteiger partial charge >= 0.3 is 0 Å². The third-order valence-corrected chi connectivity index (χ3v) is 3.38. The average Bonchev–Trinajstić information content (AvgIpc) is 2.27. The zero-order valence-corrected chi connectivity index (χ0v) is 10.3. The summed E-state index contributed by atoms with van der Waals surface area (Å²) >= 11 is 0. The smallest absolute Gasteiger partial charge is 0.148 e. The summed E-state index contributed by atoms with van der Waals surface area (Å²) in [6, 6.07) is 6.32. The number of allylic oxidation sites excluding steroid dienone is 1. The fourth-order valence-electron chi connectivity index (χ4n) is 2.55. The van der Waals surface area contributed by atoms with Crippen LogP contribution in [0.1, 0.15) is 31.2 Å². The molecule has 2 nitrogen and oxygen atoms in total. The molecule has 0 aromatic heterocycles. The lowest BCUT2D eigenvalue weighted by Gasteiger charge is -2.27. The Balaban J connectivity index is 2.26. The Morgan fingerprint density at radius 3 is 2.28 bits per heavy atom. The van der Waals surface area contributed by atoms with Crippen LogP contribution >= 0.6 is 0 Å². The molecule has 1 aromatic rings. The maximum Gasteiger partial charge on any atom is 0.148 e. The summed E-state index contributed by atoms with van der Waals surface area (Å²) in [6.07, 6.45) is 0.425. The molecule has 94 valence electrons. The van der Waals surface area contributed by atoms with Gasteiger partial charge in [-0.3, -0.25) is 9.59 Å². The topological polar surface area (TPSA) is 34.1 Å². The van der Waals surface area contributed by atoms with Crippen LogP contribution in [-0.2, 0) is 9.59 Å². The summed E-state index contributed by atoms with van der Waals surface area (Å²) < 4.78 is 13.6. The first-order valence-corrected chi connectivity index (χ1v) is 5.96. The maximum atomic E-state index is 13.6. The molecule has 1 aliphatic carbocycles. The normalized spacial score (nSPS) is 24.1. The molecule has 0 aliphatic heterocycles. The van der Waals surface area contributed by atoms with Gasteiger partial charge in [-0.05, 0) is 18.6 Å². The molecule has 18 heavy (non-hydrogen) atoms. The van der Waals surface area contributed by atoms with Crippen molar-refractivity contribution < 1.29 is 14.0 Å². The van der Waals surface area contributed by atoms with E-state index >= 15 is 0 Å². The summed E-state index contributed by atoms with van der Waals surface area (Å²) in [5.41, 5.74) is 1.04. The predicted octanol–water partition coefficient (Wildman–Crippen LogP) is 3.03. The van der Waals surface area contributed by atoms with Crippen LogP contribution in [0, 0.1) is 11.7 Å². The van der Waals surface area contributed by atoms with Gasteiger partial charge in [0.25, 0.3) is 0 Å². The van der Waals surface area contributed by atoms with Crippen molar-refractivity contribution in [3.05, 3.63) is 47.8 Å². The lowest BCUT2D eigenvalue weighted by molar-refractivity contribution is -0.134. The van der Waals surface area contributed by atoms with E-state index in [2.05, 4.69) is 6.58 Å². The molecule has 0 radical (unpaired) electrons. The highest BCUT2D eigenvalue weighted by Crippen LogP contribution is 2.34. The standard InChI is InChI=1S/C15H15FO2/c1-9(2)15-13(17)7-10(8-14(15)18)11-5-3-4-6-12(11)16/h3-6,10,15H,1,7-8H2,2H3. The largest absolute Gasteiger partial charge is 0.299 e. The van der Waals surface area contributed by atoms with Gasteiger partial charge in [0.15, 0.2) is 0 Å². The SMILES string of the molecule is C=C(C)C1C(=O)CC(c2ccccc2F)CC1=O. The summed E-state index contributed by atoms with van der Waals surface area (Å²) in [5.74, 6) is -1.66. The van der Waals surface area contributed by atoms with Crippen molar-refractivity contribution >= 4 is 11.6 Å². The van der Waals surface area contributed by atoms with Crippen molar-refractivity contribution in [1.29, 1.82) is 0 Å². The number of halogens is 1. The maximum absolute atomic E-state index is 13.6. The van der Waals surface area contributed by atoms with Gasteiger partial charge in [0.2, 0.25) is 0 Å². The van der Waals surface area contributed by atoms with E-state index in [1.54, 1.807) is 25.1 Å². The average molecular weight is 246 g/mol. The number of ketones is 2. The van der Waals surface area contributed by atoms with E-state index < -0.39 is 5.92 Å². The molecular formula is C15H15FO2. The molecule has 3 heteroatoms. The zero-order chi connectivity index (χ0) is 13.3. The fourth-order valence-corrected chi connectivity index (χ4v) is 2.55. The minimum Gasteiger partial charge on any atom is -0.299 e. The van der Waals surface area contributed by atoms with Crippen molar-refractivity contribution in [2.75, 3.05) is 0 Å². The second kappa shape index (κ2) is 4.84. The van der Waals surface area contributed by atoms with Crippen LogP contribution in [0.5, 0.6) is 0 Å². The highest BCUT2D eigenvalue weighted by molar-refractivity contribution is 6.07. The zero-order valence-electron chi connectivity index (χ0n) is 10.3. The molecule has 1 saturated carbocycles. The van der Waals surface area contributed by atoms with E-state index in [1.807, 2.05) is 0 Å². The Kier molecular flexibility index (Phi) is 3.41. The number of carbonyl (C=O) groups excluding carboxylic acids is 2. The van der Waals surface area contributed by atoms with E-state index in [-0.39, 0.29) is 36.1 Å². The van der Waals surface area contributed by atoms with Crippen molar-refractivity contribution in [2.24, 2.45) is 5.92 Å². The number of carbonyl (C=O) groups is 2. The van der Waals surface area contributed by atoms with Crippen LogP contribution in [0.4, 0.5) is 4.39 Å². The molecule has 1 aliphatic rings. The Hall–Kier alpha value is -1.77. The molecule has 2 rings (SSSR count). The van der Waals surface area contributed by atoms with Crippen LogP contribution in [0.2, 0.25) is 0 Å². The fraction of sp³-hybridized carbons (Fsp3) is 0.333. The van der Waals surface area contributed by atoms with Crippen LogP contribution < -0.4 is 0 Å². The lowest BCUT2D eigenvalue weighted by atomic mass is 9.74. The van der Waals surface area contributed by atoms with Crippen LogP contribution in [0.15, 0.2) is 36.4 Å². The van der Waals surface area contributed by atoms with Crippen molar-refractivity contribution in [2.45, 2.75) is 25.7 Å². The number of rotatable bonds is 2. The molecule has 0 atom stereocenters. The molecule has 0 heterocycles. The minimum absolute atomic E-state index is 0.146. The molecule has 0 unspecified atom stereocenters. The highest BCUT2D eigenvalue weighted by atomic mass is 19.1. The van der Waals surface area contributed by atoms with E-state index in [9.17, 15) is 14.0 Å². The minimum atomic E-state index is -0.687. The molecule has 1 fully saturated rings. The van der Waals surface area contributed by atoms with Crippen LogP contribution in [0.25, 0.3) is 0 Å². The first kappa shape index (κ1) is 12.7. The first-order valence-electron chi connectivity index (χ1n) is 5.96. The summed E-state index contributed by atoms with van der Waals surface area (Å²) in [4.78, 5) is 23.9. The quantitative estimate of drug-likeness (QED) is 0.593. The van der Waals surface area contributed by atoms with Gasteiger partial charge in [-0.25, -0.2) is 4.39 Å². The summed E-state index contributed by atoms with van der Waals surface area (Å²) in [7, 11) is 0. The van der Waals surface area contributed by atoms with E-state index in [0.29, 0.717) is 11.1 Å². The third-order valence-electron chi connectivity index (χ3n) is 3.38. The molecule has 0 saturated heterocycles. The van der Waals surface area contributed by atoms with Gasteiger partial charge < -0.3 is 0 Å². The highest BCUT2D eigenvalue weighted by Gasteiger charge is 2.36. The molecule has 1 aromatic carbocycles. The second-order valence-electron chi connectivity index (χ2n) is 4.84. The Labute approximate surface area is 106 Å². The second-order valence-corrected chi connectivity index (χ2v) is 4.84. The van der Waals surface area contributed by atoms with E-state index in [4.69, 9.17) is 0 Å². The molecule has 0 N–H and O–H groups in total. The van der Waals surface area contributed by atoms with Crippen molar-refractivity contribution in [3.63, 3.8) is 0 Å². The van der Waals surface area contributed by atoms with Crippen molar-refractivity contribution in [1.82, 2.24) is 0 Å². The predicted molar refractivity (Wildman–Crippen MR) is 66.7 cm³/mol. The number of hydrogen-bond acceptors (Lipinski definition) is 2. The van der Waals surface area contributed by atoms with E-state index in [0.717, 1.165) is 0 Å². The van der Waals surface area contributed by atoms with Gasteiger partial charge in [-0.1, -0.05) is 30.4 Å². The molecule has 0 amide bonds. The number of Topliss-reactive ketones (excluding diaryl/α,β-unsaturated/α-hetero) is 2. The van der Waals surface area contributed by atoms with Crippen LogP contribution in [0.3, 0.4) is 0 Å². The number of hydrogen-bond donors (Lipinski definition) is 0. The van der Waals surface area contributed by atoms with Gasteiger partial charge in [0.05, 0.1) is 5.92 Å². The molecule has 0 spiro atoms. The summed E-state index contributed by atoms with van der Waals surface area (Å²) in [6.45, 7) is 5.36.